The molecule has 0 spiro atoms. The zero-order chi connectivity index (χ0) is 15.3. The molecule has 1 amide bonds. The van der Waals surface area contributed by atoms with Gasteiger partial charge < -0.3 is 14.7 Å². The Labute approximate surface area is 122 Å². The topological polar surface area (TPSA) is 49.8 Å². The second kappa shape index (κ2) is 6.83. The van der Waals surface area contributed by atoms with Crippen LogP contribution < -0.4 is 4.74 Å². The van der Waals surface area contributed by atoms with Crippen LogP contribution in [0.2, 0.25) is 0 Å². The summed E-state index contributed by atoms with van der Waals surface area (Å²) in [5, 5.41) is 9.78. The maximum absolute atomic E-state index is 12.4. The maximum atomic E-state index is 12.4. The number of carbonyl (C=O) groups is 1. The minimum Gasteiger partial charge on any atom is -0.504 e. The van der Waals surface area contributed by atoms with E-state index < -0.39 is 18.6 Å². The first-order valence-electron chi connectivity index (χ1n) is 5.57. The number of phenols is 1. The fraction of sp³-hybridized carbons (Fsp3) is 0.417. The molecule has 112 valence electrons. The number of alkyl halides is 4. The fourth-order valence-electron chi connectivity index (χ4n) is 1.58. The average molecular weight is 356 g/mol. The van der Waals surface area contributed by atoms with Gasteiger partial charge in [-0.15, -0.1) is 0 Å². The van der Waals surface area contributed by atoms with Crippen LogP contribution in [0.5, 0.6) is 11.5 Å². The quantitative estimate of drug-likeness (QED) is 0.826. The summed E-state index contributed by atoms with van der Waals surface area (Å²) < 4.78 is 42.1. The summed E-state index contributed by atoms with van der Waals surface area (Å²) in [5.41, 5.74) is -0.0338. The fourth-order valence-corrected chi connectivity index (χ4v) is 2.00. The van der Waals surface area contributed by atoms with Crippen molar-refractivity contribution in [3.63, 3.8) is 0 Å². The first kappa shape index (κ1) is 16.6. The number of hydrogen-bond donors (Lipinski definition) is 1. The zero-order valence-electron chi connectivity index (χ0n) is 10.6. The van der Waals surface area contributed by atoms with Crippen molar-refractivity contribution in [1.29, 1.82) is 0 Å². The highest BCUT2D eigenvalue weighted by molar-refractivity contribution is 9.09. The van der Waals surface area contributed by atoms with Gasteiger partial charge in [-0.05, 0) is 18.2 Å². The Morgan fingerprint density at radius 3 is 2.55 bits per heavy atom. The minimum atomic E-state index is -4.48. The number of aromatic hydroxyl groups is 1. The summed E-state index contributed by atoms with van der Waals surface area (Å²) in [5.74, 6) is -0.965. The molecule has 0 aliphatic heterocycles. The lowest BCUT2D eigenvalue weighted by molar-refractivity contribution is -0.140. The molecule has 0 aliphatic carbocycles. The van der Waals surface area contributed by atoms with E-state index in [1.807, 2.05) is 0 Å². The van der Waals surface area contributed by atoms with Crippen LogP contribution in [0.15, 0.2) is 18.2 Å². The van der Waals surface area contributed by atoms with Gasteiger partial charge >= 0.3 is 6.18 Å². The molecule has 0 aromatic heterocycles. The van der Waals surface area contributed by atoms with Gasteiger partial charge in [0.25, 0.3) is 5.91 Å². The lowest BCUT2D eigenvalue weighted by Gasteiger charge is -2.23. The van der Waals surface area contributed by atoms with Gasteiger partial charge in [-0.2, -0.15) is 13.2 Å². The van der Waals surface area contributed by atoms with E-state index in [4.69, 9.17) is 4.74 Å². The van der Waals surface area contributed by atoms with Crippen molar-refractivity contribution in [3.8, 4) is 11.5 Å². The van der Waals surface area contributed by atoms with Gasteiger partial charge in [0.2, 0.25) is 0 Å². The molecule has 8 heteroatoms. The lowest BCUT2D eigenvalue weighted by Crippen LogP contribution is -2.40. The predicted molar refractivity (Wildman–Crippen MR) is 70.4 cm³/mol. The van der Waals surface area contributed by atoms with E-state index in [1.165, 1.54) is 19.2 Å². The maximum Gasteiger partial charge on any atom is 0.406 e. The van der Waals surface area contributed by atoms with Crippen molar-refractivity contribution in [2.75, 3.05) is 25.5 Å². The average Bonchev–Trinajstić information content (AvgIpc) is 2.35. The normalized spacial score (nSPS) is 11.2. The molecule has 4 nitrogen and oxygen atoms in total. The van der Waals surface area contributed by atoms with Crippen LogP contribution in [0.25, 0.3) is 0 Å². The Balaban J connectivity index is 2.97. The van der Waals surface area contributed by atoms with Gasteiger partial charge in [0, 0.05) is 17.4 Å². The Morgan fingerprint density at radius 1 is 1.45 bits per heavy atom. The van der Waals surface area contributed by atoms with Gasteiger partial charge in [-0.25, -0.2) is 0 Å². The molecule has 20 heavy (non-hydrogen) atoms. The molecule has 0 heterocycles. The molecule has 0 fully saturated rings. The lowest BCUT2D eigenvalue weighted by atomic mass is 10.1. The predicted octanol–water partition coefficient (Wildman–Crippen LogP) is 2.80. The molecular formula is C12H13BrF3NO3. The van der Waals surface area contributed by atoms with Crippen LogP contribution >= 0.6 is 15.9 Å². The zero-order valence-corrected chi connectivity index (χ0v) is 12.2. The second-order valence-electron chi connectivity index (χ2n) is 3.92. The summed E-state index contributed by atoms with van der Waals surface area (Å²) >= 11 is 3.01. The molecule has 0 atom stereocenters. The SMILES string of the molecule is COc1ccc(C(=O)N(CCBr)CC(F)(F)F)cc1O. The van der Waals surface area contributed by atoms with Crippen LogP contribution in [0.3, 0.4) is 0 Å². The van der Waals surface area contributed by atoms with Gasteiger partial charge in [-0.3, -0.25) is 4.79 Å². The number of phenolic OH excluding ortho intramolecular Hbond substituents is 1. The standard InChI is InChI=1S/C12H13BrF3NO3/c1-20-10-3-2-8(6-9(10)18)11(19)17(5-4-13)7-12(14,15)16/h2-3,6,18H,4-5,7H2,1H3. The van der Waals surface area contributed by atoms with Gasteiger partial charge in [0.15, 0.2) is 11.5 Å². The highest BCUT2D eigenvalue weighted by Crippen LogP contribution is 2.27. The highest BCUT2D eigenvalue weighted by atomic mass is 79.9. The first-order chi connectivity index (χ1) is 9.28. The van der Waals surface area contributed by atoms with E-state index in [2.05, 4.69) is 15.9 Å². The Hall–Kier alpha value is -1.44. The third-order valence-electron chi connectivity index (χ3n) is 2.44. The molecule has 1 aromatic rings. The van der Waals surface area contributed by atoms with Crippen molar-refractivity contribution in [2.45, 2.75) is 6.18 Å². The number of ether oxygens (including phenoxy) is 1. The number of halogens is 4. The molecule has 0 saturated carbocycles. The molecule has 0 saturated heterocycles. The molecule has 1 rings (SSSR count). The van der Waals surface area contributed by atoms with Gasteiger partial charge in [0.05, 0.1) is 7.11 Å². The van der Waals surface area contributed by atoms with E-state index in [-0.39, 0.29) is 28.9 Å². The number of hydrogen-bond acceptors (Lipinski definition) is 3. The Morgan fingerprint density at radius 2 is 2.10 bits per heavy atom. The largest absolute Gasteiger partial charge is 0.504 e. The van der Waals surface area contributed by atoms with E-state index in [0.29, 0.717) is 4.90 Å². The monoisotopic (exact) mass is 355 g/mol. The number of carbonyl (C=O) groups excluding carboxylic acids is 1. The van der Waals surface area contributed by atoms with Crippen molar-refractivity contribution >= 4 is 21.8 Å². The van der Waals surface area contributed by atoms with E-state index in [0.717, 1.165) is 6.07 Å². The molecular weight excluding hydrogens is 343 g/mol. The second-order valence-corrected chi connectivity index (χ2v) is 4.71. The van der Waals surface area contributed by atoms with Gasteiger partial charge in [0.1, 0.15) is 6.54 Å². The van der Waals surface area contributed by atoms with Crippen LogP contribution in [0, 0.1) is 0 Å². The smallest absolute Gasteiger partial charge is 0.406 e. The van der Waals surface area contributed by atoms with E-state index in [9.17, 15) is 23.1 Å². The number of nitrogens with zero attached hydrogens (tertiary/aromatic N) is 1. The summed E-state index contributed by atoms with van der Waals surface area (Å²) in [4.78, 5) is 12.7. The summed E-state index contributed by atoms with van der Waals surface area (Å²) in [6.45, 7) is -1.44. The summed E-state index contributed by atoms with van der Waals surface area (Å²) in [6.07, 6.45) is -4.48. The minimum absolute atomic E-state index is 0.0338. The van der Waals surface area contributed by atoms with Crippen LogP contribution in [-0.4, -0.2) is 47.6 Å². The third-order valence-corrected chi connectivity index (χ3v) is 2.79. The number of benzene rings is 1. The van der Waals surface area contributed by atoms with Crippen molar-refractivity contribution in [2.24, 2.45) is 0 Å². The van der Waals surface area contributed by atoms with Crippen LogP contribution in [-0.2, 0) is 0 Å². The summed E-state index contributed by atoms with van der Waals surface area (Å²) in [7, 11) is 1.33. The Kier molecular flexibility index (Phi) is 5.67. The number of rotatable bonds is 5. The molecule has 1 aromatic carbocycles. The third kappa shape index (κ3) is 4.59. The molecule has 0 unspecified atom stereocenters. The Bertz CT molecular complexity index is 480. The van der Waals surface area contributed by atoms with Crippen LogP contribution in [0.1, 0.15) is 10.4 Å². The van der Waals surface area contributed by atoms with E-state index in [1.54, 1.807) is 0 Å². The molecule has 0 bridgehead atoms. The molecule has 0 radical (unpaired) electrons. The van der Waals surface area contributed by atoms with Crippen molar-refractivity contribution in [3.05, 3.63) is 23.8 Å². The summed E-state index contributed by atoms with van der Waals surface area (Å²) in [6, 6.07) is 3.71. The molecule has 0 aliphatic rings. The number of amides is 1. The van der Waals surface area contributed by atoms with Gasteiger partial charge in [-0.1, -0.05) is 15.9 Å². The van der Waals surface area contributed by atoms with Crippen molar-refractivity contribution in [1.82, 2.24) is 4.90 Å². The van der Waals surface area contributed by atoms with Crippen molar-refractivity contribution < 1.29 is 27.8 Å². The van der Waals surface area contributed by atoms with E-state index >= 15 is 0 Å². The highest BCUT2D eigenvalue weighted by Gasteiger charge is 2.33. The van der Waals surface area contributed by atoms with Crippen LogP contribution in [0.4, 0.5) is 13.2 Å². The first-order valence-corrected chi connectivity index (χ1v) is 6.69. The number of methoxy groups -OCH3 is 1. The molecule has 1 N–H and O–H groups in total.